The second kappa shape index (κ2) is 12.4. The molecule has 0 atom stereocenters. The van der Waals surface area contributed by atoms with Gasteiger partial charge in [-0.1, -0.05) is 36.5 Å². The minimum Gasteiger partial charge on any atom is -0.616 e. The van der Waals surface area contributed by atoms with Crippen LogP contribution in [0.15, 0.2) is 70.6 Å². The van der Waals surface area contributed by atoms with Gasteiger partial charge in [0.1, 0.15) is 0 Å². The van der Waals surface area contributed by atoms with Gasteiger partial charge in [-0.05, 0) is 25.4 Å². The van der Waals surface area contributed by atoms with Gasteiger partial charge >= 0.3 is 17.1 Å². The van der Waals surface area contributed by atoms with Gasteiger partial charge in [-0.25, -0.2) is 0 Å². The molecule has 0 bridgehead atoms. The molecule has 0 radical (unpaired) electrons. The zero-order valence-corrected chi connectivity index (χ0v) is 15.8. The van der Waals surface area contributed by atoms with Gasteiger partial charge in [0.25, 0.3) is 0 Å². The molecule has 2 aliphatic rings. The van der Waals surface area contributed by atoms with E-state index in [1.807, 2.05) is 12.2 Å². The van der Waals surface area contributed by atoms with Gasteiger partial charge in [0.15, 0.2) is 0 Å². The third-order valence-electron chi connectivity index (χ3n) is 3.22. The maximum Gasteiger partial charge on any atom is 2.00 e. The minimum atomic E-state index is -0.313. The molecule has 6 nitrogen and oxygen atoms in total. The van der Waals surface area contributed by atoms with Gasteiger partial charge in [-0.15, -0.1) is 0 Å². The molecule has 0 saturated carbocycles. The first-order valence-corrected chi connectivity index (χ1v) is 7.22. The van der Waals surface area contributed by atoms with E-state index in [-0.39, 0.29) is 29.0 Å². The van der Waals surface area contributed by atoms with Crippen molar-refractivity contribution in [2.24, 2.45) is 0 Å². The molecule has 7 heteroatoms. The Balaban J connectivity index is 0.000000443. The van der Waals surface area contributed by atoms with Gasteiger partial charge in [-0.2, -0.15) is 0 Å². The molecular weight excluding hydrogens is 368 g/mol. The molecule has 0 spiro atoms. The average molecular weight is 390 g/mol. The Bertz CT molecular complexity index is 557. The maximum absolute atomic E-state index is 11.1. The van der Waals surface area contributed by atoms with Crippen molar-refractivity contribution in [3.63, 3.8) is 0 Å². The van der Waals surface area contributed by atoms with Crippen LogP contribution in [0.3, 0.4) is 0 Å². The molecule has 0 aromatic rings. The van der Waals surface area contributed by atoms with Crippen molar-refractivity contribution in [1.29, 1.82) is 0 Å². The number of allylic oxidation sites excluding steroid dienone is 6. The molecule has 0 fully saturated rings. The second-order valence-electron chi connectivity index (χ2n) is 4.78. The largest absolute Gasteiger partial charge is 2.00 e. The van der Waals surface area contributed by atoms with Crippen molar-refractivity contribution >= 4 is 0 Å². The smallest absolute Gasteiger partial charge is 0.616 e. The molecule has 0 N–H and O–H groups in total. The predicted octanol–water partition coefficient (Wildman–Crippen LogP) is 0.692. The van der Waals surface area contributed by atoms with E-state index in [4.69, 9.17) is 9.47 Å². The summed E-state index contributed by atoms with van der Waals surface area (Å²) in [6, 6.07) is 0. The van der Waals surface area contributed by atoms with E-state index in [0.717, 1.165) is 11.1 Å². The predicted molar refractivity (Wildman–Crippen MR) is 86.3 cm³/mol. The Morgan fingerprint density at radius 2 is 1.12 bits per heavy atom. The quantitative estimate of drug-likeness (QED) is 0.490. The standard InChI is InChI=1S/2C9H12O3.Fe/c2*1-11-6-7-4-3-5-8(7)9(10)12-2;/h2*3-5,10H,6H2,1-2H3;/q;;+2/p-2. The van der Waals surface area contributed by atoms with Gasteiger partial charge in [-0.3, -0.25) is 0 Å². The van der Waals surface area contributed by atoms with Crippen molar-refractivity contribution in [3.05, 3.63) is 70.6 Å². The Morgan fingerprint density at radius 1 is 0.760 bits per heavy atom. The summed E-state index contributed by atoms with van der Waals surface area (Å²) in [5.41, 5.74) is 2.90. The normalized spacial score (nSPS) is 18.6. The van der Waals surface area contributed by atoms with Gasteiger partial charge in [0.05, 0.1) is 25.1 Å². The molecule has 0 aliphatic heterocycles. The molecule has 0 unspecified atom stereocenters. The summed E-state index contributed by atoms with van der Waals surface area (Å²) < 4.78 is 19.0. The number of hydrogen-bond acceptors (Lipinski definition) is 6. The second-order valence-corrected chi connectivity index (χ2v) is 4.78. The van der Waals surface area contributed by atoms with Crippen molar-refractivity contribution in [3.8, 4) is 0 Å². The summed E-state index contributed by atoms with van der Waals surface area (Å²) in [5.74, 6) is -0.626. The van der Waals surface area contributed by atoms with Crippen molar-refractivity contribution in [2.45, 2.75) is 0 Å². The molecule has 0 heterocycles. The zero-order chi connectivity index (χ0) is 17.9. The molecule has 0 aromatic heterocycles. The minimum absolute atomic E-state index is 0. The van der Waals surface area contributed by atoms with Crippen molar-refractivity contribution in [1.82, 2.24) is 0 Å². The van der Waals surface area contributed by atoms with Gasteiger partial charge < -0.3 is 29.2 Å². The Kier molecular flexibility index (Phi) is 11.5. The third-order valence-corrected chi connectivity index (χ3v) is 3.22. The van der Waals surface area contributed by atoms with E-state index in [1.165, 1.54) is 14.2 Å². The molecule has 0 aromatic carbocycles. The molecule has 138 valence electrons. The molecular formula is C18H22FeO6. The topological polar surface area (TPSA) is 83.0 Å². The number of hydrogen-bond donors (Lipinski definition) is 0. The Hall–Kier alpha value is -1.92. The molecule has 0 amide bonds. The molecule has 2 aliphatic carbocycles. The van der Waals surface area contributed by atoms with Crippen LogP contribution < -0.4 is 10.2 Å². The summed E-state index contributed by atoms with van der Waals surface area (Å²) in [6.45, 7) is 0.884. The first-order chi connectivity index (χ1) is 11.6. The van der Waals surface area contributed by atoms with Crippen LogP contribution in [0.1, 0.15) is 0 Å². The van der Waals surface area contributed by atoms with E-state index in [0.29, 0.717) is 24.4 Å². The van der Waals surface area contributed by atoms with Gasteiger partial charge in [0.2, 0.25) is 0 Å². The fourth-order valence-corrected chi connectivity index (χ4v) is 2.10. The third kappa shape index (κ3) is 6.84. The summed E-state index contributed by atoms with van der Waals surface area (Å²) in [4.78, 5) is 0. The summed E-state index contributed by atoms with van der Waals surface area (Å²) >= 11 is 0. The van der Waals surface area contributed by atoms with Crippen molar-refractivity contribution < 1.29 is 46.2 Å². The van der Waals surface area contributed by atoms with Crippen LogP contribution in [0, 0.1) is 0 Å². The fourth-order valence-electron chi connectivity index (χ4n) is 2.10. The SMILES string of the molecule is COCC1=CC=CC1=C([O-])OC.COCC1=CC=CC1=C([O-])OC.[Fe+2]. The van der Waals surface area contributed by atoms with Gasteiger partial charge in [0, 0.05) is 25.4 Å². The number of rotatable bonds is 6. The van der Waals surface area contributed by atoms with E-state index in [2.05, 4.69) is 9.47 Å². The van der Waals surface area contributed by atoms with Crippen LogP contribution in [0.4, 0.5) is 0 Å². The van der Waals surface area contributed by atoms with Crippen LogP contribution >= 0.6 is 0 Å². The first kappa shape index (κ1) is 23.1. The zero-order valence-electron chi connectivity index (χ0n) is 14.7. The Labute approximate surface area is 158 Å². The van der Waals surface area contributed by atoms with Crippen LogP contribution in [-0.4, -0.2) is 41.7 Å². The molecule has 2 rings (SSSR count). The number of methoxy groups -OCH3 is 4. The van der Waals surface area contributed by atoms with Crippen LogP contribution in [0.25, 0.3) is 0 Å². The van der Waals surface area contributed by atoms with E-state index in [9.17, 15) is 10.2 Å². The van der Waals surface area contributed by atoms with Crippen LogP contribution in [0.5, 0.6) is 0 Å². The molecule has 25 heavy (non-hydrogen) atoms. The summed E-state index contributed by atoms with van der Waals surface area (Å²) in [6.07, 6.45) is 10.7. The summed E-state index contributed by atoms with van der Waals surface area (Å²) in [7, 11) is 5.92. The fraction of sp³-hybridized carbons (Fsp3) is 0.333. The number of ether oxygens (including phenoxy) is 4. The maximum atomic E-state index is 11.1. The van der Waals surface area contributed by atoms with Crippen LogP contribution in [0.2, 0.25) is 0 Å². The monoisotopic (exact) mass is 390 g/mol. The Morgan fingerprint density at radius 3 is 1.40 bits per heavy atom. The summed E-state index contributed by atoms with van der Waals surface area (Å²) in [5, 5.41) is 22.2. The van der Waals surface area contributed by atoms with Crippen molar-refractivity contribution in [2.75, 3.05) is 41.7 Å². The first-order valence-electron chi connectivity index (χ1n) is 7.22. The van der Waals surface area contributed by atoms with E-state index in [1.54, 1.807) is 38.5 Å². The average Bonchev–Trinajstić information content (AvgIpc) is 3.24. The molecule has 0 saturated heterocycles. The van der Waals surface area contributed by atoms with E-state index < -0.39 is 0 Å². The van der Waals surface area contributed by atoms with Crippen LogP contribution in [-0.2, 0) is 36.0 Å². The van der Waals surface area contributed by atoms with E-state index >= 15 is 0 Å².